The molecular formula is C21H27NO4S. The zero-order valence-electron chi connectivity index (χ0n) is 15.9. The number of esters is 1. The van der Waals surface area contributed by atoms with Gasteiger partial charge in [0.2, 0.25) is 10.0 Å². The van der Waals surface area contributed by atoms with Crippen LogP contribution in [0.4, 0.5) is 0 Å². The van der Waals surface area contributed by atoms with Gasteiger partial charge >= 0.3 is 5.97 Å². The Morgan fingerprint density at radius 1 is 1.33 bits per heavy atom. The molecule has 0 spiro atoms. The third kappa shape index (κ3) is 4.17. The van der Waals surface area contributed by atoms with Gasteiger partial charge in [-0.05, 0) is 43.2 Å². The average Bonchev–Trinajstić information content (AvgIpc) is 2.68. The van der Waals surface area contributed by atoms with Crippen molar-refractivity contribution in [2.75, 3.05) is 20.2 Å². The van der Waals surface area contributed by atoms with Gasteiger partial charge in [0.05, 0.1) is 13.5 Å². The van der Waals surface area contributed by atoms with Gasteiger partial charge in [-0.2, -0.15) is 0 Å². The van der Waals surface area contributed by atoms with Crippen molar-refractivity contribution in [2.45, 2.75) is 43.3 Å². The van der Waals surface area contributed by atoms with Gasteiger partial charge in [-0.3, -0.25) is 4.79 Å². The van der Waals surface area contributed by atoms with Crippen molar-refractivity contribution < 1.29 is 17.9 Å². The number of hydrogen-bond acceptors (Lipinski definition) is 4. The van der Waals surface area contributed by atoms with E-state index in [4.69, 9.17) is 4.74 Å². The van der Waals surface area contributed by atoms with Gasteiger partial charge in [0.25, 0.3) is 0 Å². The summed E-state index contributed by atoms with van der Waals surface area (Å²) >= 11 is 0. The van der Waals surface area contributed by atoms with Crippen LogP contribution in [-0.4, -0.2) is 43.6 Å². The van der Waals surface area contributed by atoms with Crippen molar-refractivity contribution in [2.24, 2.45) is 0 Å². The normalized spacial score (nSPS) is 26.1. The maximum absolute atomic E-state index is 13.3. The molecule has 0 amide bonds. The van der Waals surface area contributed by atoms with Gasteiger partial charge < -0.3 is 4.74 Å². The van der Waals surface area contributed by atoms with Crippen molar-refractivity contribution in [3.05, 3.63) is 59.7 Å². The standard InChI is InChI=1S/C21H27NO4S/c1-21(11-4-3-5-12-21)27(24,25)22-13-7-10-19(16-22)18-9-6-8-17(14-18)15-20(23)26-2/h3-6,8-9,11,14,19H,7,10,12-13,15-16H2,1-2H3. The highest BCUT2D eigenvalue weighted by molar-refractivity contribution is 7.90. The lowest BCUT2D eigenvalue weighted by molar-refractivity contribution is -0.139. The number of benzene rings is 1. The van der Waals surface area contributed by atoms with Gasteiger partial charge in [0.1, 0.15) is 4.75 Å². The van der Waals surface area contributed by atoms with Gasteiger partial charge in [-0.25, -0.2) is 12.7 Å². The number of carbonyl (C=O) groups excluding carboxylic acids is 1. The predicted octanol–water partition coefficient (Wildman–Crippen LogP) is 3.19. The molecule has 0 saturated carbocycles. The van der Waals surface area contributed by atoms with E-state index in [1.165, 1.54) is 7.11 Å². The summed E-state index contributed by atoms with van der Waals surface area (Å²) in [6, 6.07) is 7.85. The van der Waals surface area contributed by atoms with Crippen LogP contribution in [0.1, 0.15) is 43.2 Å². The van der Waals surface area contributed by atoms with Crippen LogP contribution in [0, 0.1) is 0 Å². The highest BCUT2D eigenvalue weighted by Crippen LogP contribution is 2.35. The minimum atomic E-state index is -3.44. The van der Waals surface area contributed by atoms with E-state index in [1.807, 2.05) is 42.5 Å². The summed E-state index contributed by atoms with van der Waals surface area (Å²) in [6.07, 6.45) is 9.93. The number of rotatable bonds is 5. The molecule has 2 atom stereocenters. The minimum absolute atomic E-state index is 0.137. The number of methoxy groups -OCH3 is 1. The number of ether oxygens (including phenoxy) is 1. The summed E-state index contributed by atoms with van der Waals surface area (Å²) in [5, 5.41) is 0. The zero-order valence-corrected chi connectivity index (χ0v) is 16.7. The Morgan fingerprint density at radius 2 is 2.15 bits per heavy atom. The van der Waals surface area contributed by atoms with Crippen LogP contribution in [-0.2, 0) is 26.0 Å². The number of carbonyl (C=O) groups is 1. The molecule has 1 aromatic rings. The van der Waals surface area contributed by atoms with E-state index in [0.717, 1.165) is 24.0 Å². The molecule has 1 aliphatic heterocycles. The molecule has 1 heterocycles. The molecule has 0 aromatic heterocycles. The highest BCUT2D eigenvalue weighted by atomic mass is 32.2. The molecule has 5 nitrogen and oxygen atoms in total. The van der Waals surface area contributed by atoms with Gasteiger partial charge in [-0.1, -0.05) is 48.6 Å². The van der Waals surface area contributed by atoms with Crippen LogP contribution in [0.3, 0.4) is 0 Å². The molecule has 2 aliphatic rings. The molecule has 146 valence electrons. The van der Waals surface area contributed by atoms with Crippen LogP contribution in [0.2, 0.25) is 0 Å². The van der Waals surface area contributed by atoms with Crippen LogP contribution >= 0.6 is 0 Å². The van der Waals surface area contributed by atoms with Gasteiger partial charge in [0.15, 0.2) is 0 Å². The Kier molecular flexibility index (Phi) is 5.86. The predicted molar refractivity (Wildman–Crippen MR) is 106 cm³/mol. The van der Waals surface area contributed by atoms with Crippen molar-refractivity contribution in [1.82, 2.24) is 4.31 Å². The molecule has 1 aliphatic carbocycles. The number of allylic oxidation sites excluding steroid dienone is 3. The number of hydrogen-bond donors (Lipinski definition) is 0. The molecule has 0 bridgehead atoms. The fraction of sp³-hybridized carbons (Fsp3) is 0.476. The third-order valence-electron chi connectivity index (χ3n) is 5.53. The average molecular weight is 390 g/mol. The molecule has 6 heteroatoms. The summed E-state index contributed by atoms with van der Waals surface area (Å²) < 4.78 is 32.1. The number of piperidine rings is 1. The first kappa shape index (κ1) is 19.8. The van der Waals surface area contributed by atoms with Gasteiger partial charge in [0, 0.05) is 13.1 Å². The molecule has 27 heavy (non-hydrogen) atoms. The maximum atomic E-state index is 13.3. The van der Waals surface area contributed by atoms with E-state index in [2.05, 4.69) is 0 Å². The first-order valence-electron chi connectivity index (χ1n) is 9.35. The first-order valence-corrected chi connectivity index (χ1v) is 10.8. The monoisotopic (exact) mass is 389 g/mol. The van der Waals surface area contributed by atoms with Crippen LogP contribution < -0.4 is 0 Å². The Labute approximate surface area is 161 Å². The lowest BCUT2D eigenvalue weighted by atomic mass is 9.90. The summed E-state index contributed by atoms with van der Waals surface area (Å²) in [7, 11) is -2.06. The smallest absolute Gasteiger partial charge is 0.309 e. The van der Waals surface area contributed by atoms with Gasteiger partial charge in [-0.15, -0.1) is 0 Å². The van der Waals surface area contributed by atoms with Crippen LogP contribution in [0.15, 0.2) is 48.6 Å². The Bertz CT molecular complexity index is 859. The van der Waals surface area contributed by atoms with E-state index in [0.29, 0.717) is 19.5 Å². The fourth-order valence-corrected chi connectivity index (χ4v) is 5.72. The van der Waals surface area contributed by atoms with E-state index in [9.17, 15) is 13.2 Å². The lowest BCUT2D eigenvalue weighted by Gasteiger charge is -2.38. The number of sulfonamides is 1. The second-order valence-electron chi connectivity index (χ2n) is 7.50. The summed E-state index contributed by atoms with van der Waals surface area (Å²) in [5.74, 6) is -0.136. The zero-order chi connectivity index (χ0) is 19.5. The lowest BCUT2D eigenvalue weighted by Crippen LogP contribution is -2.49. The topological polar surface area (TPSA) is 63.7 Å². The molecule has 1 saturated heterocycles. The first-order chi connectivity index (χ1) is 12.9. The fourth-order valence-electron chi connectivity index (χ4n) is 3.82. The van der Waals surface area contributed by atoms with E-state index >= 15 is 0 Å². The second kappa shape index (κ2) is 7.98. The molecular weight excluding hydrogens is 362 g/mol. The van der Waals surface area contributed by atoms with Crippen molar-refractivity contribution in [1.29, 1.82) is 0 Å². The summed E-state index contributed by atoms with van der Waals surface area (Å²) in [6.45, 7) is 2.84. The Hall–Kier alpha value is -1.92. The largest absolute Gasteiger partial charge is 0.469 e. The van der Waals surface area contributed by atoms with Crippen LogP contribution in [0.25, 0.3) is 0 Å². The molecule has 1 fully saturated rings. The molecule has 1 aromatic carbocycles. The minimum Gasteiger partial charge on any atom is -0.469 e. The Morgan fingerprint density at radius 3 is 2.85 bits per heavy atom. The molecule has 0 N–H and O–H groups in total. The second-order valence-corrected chi connectivity index (χ2v) is 9.90. The third-order valence-corrected chi connectivity index (χ3v) is 8.02. The van der Waals surface area contributed by atoms with E-state index in [1.54, 1.807) is 17.3 Å². The summed E-state index contributed by atoms with van der Waals surface area (Å²) in [4.78, 5) is 11.5. The highest BCUT2D eigenvalue weighted by Gasteiger charge is 2.42. The van der Waals surface area contributed by atoms with Crippen molar-refractivity contribution in [3.63, 3.8) is 0 Å². The maximum Gasteiger partial charge on any atom is 0.309 e. The Balaban J connectivity index is 1.78. The SMILES string of the molecule is COC(=O)Cc1cccc(C2CCCN(S(=O)(=O)C3(C)C=CC=CC3)C2)c1. The summed E-state index contributed by atoms with van der Waals surface area (Å²) in [5.41, 5.74) is 1.98. The number of nitrogens with zero attached hydrogens (tertiary/aromatic N) is 1. The molecule has 3 rings (SSSR count). The van der Waals surface area contributed by atoms with Crippen molar-refractivity contribution in [3.8, 4) is 0 Å². The van der Waals surface area contributed by atoms with E-state index in [-0.39, 0.29) is 18.3 Å². The quantitative estimate of drug-likeness (QED) is 0.726. The van der Waals surface area contributed by atoms with Crippen LogP contribution in [0.5, 0.6) is 0 Å². The van der Waals surface area contributed by atoms with Crippen molar-refractivity contribution >= 4 is 16.0 Å². The van der Waals surface area contributed by atoms with E-state index < -0.39 is 14.8 Å². The molecule has 0 radical (unpaired) electrons. The molecule has 2 unspecified atom stereocenters.